The number of aromatic nitrogens is 1. The van der Waals surface area contributed by atoms with Crippen LogP contribution in [0.4, 0.5) is 5.13 Å². The van der Waals surface area contributed by atoms with Gasteiger partial charge < -0.3 is 10.1 Å². The number of ether oxygens (including phenoxy) is 1. The number of carbonyl (C=O) groups is 2. The molecule has 0 bridgehead atoms. The molecule has 106 valence electrons. The Morgan fingerprint density at radius 3 is 2.74 bits per heavy atom. The van der Waals surface area contributed by atoms with E-state index in [1.807, 2.05) is 0 Å². The number of thiazole rings is 1. The minimum Gasteiger partial charge on any atom is -0.468 e. The summed E-state index contributed by atoms with van der Waals surface area (Å²) in [5, 5.41) is 4.11. The molecule has 1 heterocycles. The number of carbonyl (C=O) groups excluding carboxylic acids is 2. The number of amides is 1. The SMILES string of the molecule is COC(=O)CNC(=O)Cc1csc(NS(C)(=O)=O)n1. The van der Waals surface area contributed by atoms with E-state index < -0.39 is 21.9 Å². The molecule has 0 radical (unpaired) electrons. The Morgan fingerprint density at radius 2 is 2.16 bits per heavy atom. The molecule has 0 aromatic carbocycles. The zero-order chi connectivity index (χ0) is 14.5. The summed E-state index contributed by atoms with van der Waals surface area (Å²) in [5.41, 5.74) is 0.415. The van der Waals surface area contributed by atoms with E-state index in [1.54, 1.807) is 5.38 Å². The van der Waals surface area contributed by atoms with Crippen molar-refractivity contribution in [1.82, 2.24) is 10.3 Å². The molecule has 0 fully saturated rings. The average Bonchev–Trinajstić information content (AvgIpc) is 2.70. The van der Waals surface area contributed by atoms with Crippen LogP contribution in [-0.2, 0) is 30.8 Å². The predicted molar refractivity (Wildman–Crippen MR) is 69.3 cm³/mol. The van der Waals surface area contributed by atoms with Gasteiger partial charge in [0.1, 0.15) is 6.54 Å². The largest absolute Gasteiger partial charge is 0.468 e. The molecular formula is C9H13N3O5S2. The highest BCUT2D eigenvalue weighted by molar-refractivity contribution is 7.92. The molecule has 1 amide bonds. The van der Waals surface area contributed by atoms with Crippen molar-refractivity contribution in [3.05, 3.63) is 11.1 Å². The van der Waals surface area contributed by atoms with E-state index in [9.17, 15) is 18.0 Å². The van der Waals surface area contributed by atoms with Crippen molar-refractivity contribution in [1.29, 1.82) is 0 Å². The molecule has 0 atom stereocenters. The van der Waals surface area contributed by atoms with Crippen molar-refractivity contribution in [2.75, 3.05) is 24.6 Å². The van der Waals surface area contributed by atoms with Gasteiger partial charge in [-0.05, 0) is 0 Å². The van der Waals surface area contributed by atoms with Crippen LogP contribution in [0, 0.1) is 0 Å². The number of anilines is 1. The van der Waals surface area contributed by atoms with Crippen molar-refractivity contribution in [3.63, 3.8) is 0 Å². The number of esters is 1. The third kappa shape index (κ3) is 6.15. The highest BCUT2D eigenvalue weighted by atomic mass is 32.2. The molecule has 1 aromatic rings. The number of nitrogens with zero attached hydrogens (tertiary/aromatic N) is 1. The van der Waals surface area contributed by atoms with Crippen LogP contribution in [0.1, 0.15) is 5.69 Å². The number of nitrogens with one attached hydrogen (secondary N) is 2. The molecule has 0 saturated heterocycles. The summed E-state index contributed by atoms with van der Waals surface area (Å²) in [5.74, 6) is -0.951. The van der Waals surface area contributed by atoms with E-state index in [2.05, 4.69) is 19.8 Å². The minimum absolute atomic E-state index is 0.0427. The summed E-state index contributed by atoms with van der Waals surface area (Å²) >= 11 is 1.07. The second-order valence-electron chi connectivity index (χ2n) is 3.55. The Labute approximate surface area is 114 Å². The quantitative estimate of drug-likeness (QED) is 0.675. The molecule has 2 N–H and O–H groups in total. The molecule has 1 aromatic heterocycles. The zero-order valence-electron chi connectivity index (χ0n) is 10.3. The first-order chi connectivity index (χ1) is 8.80. The normalized spacial score (nSPS) is 10.8. The Hall–Kier alpha value is -1.68. The number of methoxy groups -OCH3 is 1. The average molecular weight is 307 g/mol. The lowest BCUT2D eigenvalue weighted by Crippen LogP contribution is -2.31. The van der Waals surface area contributed by atoms with Gasteiger partial charge in [-0.3, -0.25) is 14.3 Å². The van der Waals surface area contributed by atoms with Crippen LogP contribution < -0.4 is 10.0 Å². The fourth-order valence-corrected chi connectivity index (χ4v) is 2.63. The van der Waals surface area contributed by atoms with E-state index in [4.69, 9.17) is 0 Å². The standard InChI is InChI=1S/C9H13N3O5S2/c1-17-8(14)4-10-7(13)3-6-5-18-9(11-6)12-19(2,15)16/h5H,3-4H2,1-2H3,(H,10,13)(H,11,12). The molecular weight excluding hydrogens is 294 g/mol. The molecule has 0 aliphatic rings. The maximum atomic E-state index is 11.4. The van der Waals surface area contributed by atoms with Crippen LogP contribution in [0.3, 0.4) is 0 Å². The fourth-order valence-electron chi connectivity index (χ4n) is 1.06. The molecule has 10 heteroatoms. The smallest absolute Gasteiger partial charge is 0.325 e. The summed E-state index contributed by atoms with van der Waals surface area (Å²) in [6, 6.07) is 0. The Bertz CT molecular complexity index is 566. The Balaban J connectivity index is 2.49. The molecule has 0 spiro atoms. The van der Waals surface area contributed by atoms with Gasteiger partial charge in [0.15, 0.2) is 5.13 Å². The van der Waals surface area contributed by atoms with E-state index in [0.29, 0.717) is 5.69 Å². The Morgan fingerprint density at radius 1 is 1.47 bits per heavy atom. The lowest BCUT2D eigenvalue weighted by Gasteiger charge is -2.02. The van der Waals surface area contributed by atoms with Gasteiger partial charge in [-0.15, -0.1) is 11.3 Å². The van der Waals surface area contributed by atoms with Crippen molar-refractivity contribution in [2.45, 2.75) is 6.42 Å². The molecule has 0 aliphatic carbocycles. The molecule has 8 nitrogen and oxygen atoms in total. The molecule has 0 saturated carbocycles. The summed E-state index contributed by atoms with van der Waals surface area (Å²) in [6.07, 6.45) is 0.968. The van der Waals surface area contributed by atoms with Crippen molar-refractivity contribution in [2.24, 2.45) is 0 Å². The second-order valence-corrected chi connectivity index (χ2v) is 6.15. The number of rotatable bonds is 6. The number of sulfonamides is 1. The van der Waals surface area contributed by atoms with Crippen LogP contribution in [0.25, 0.3) is 0 Å². The molecule has 0 unspecified atom stereocenters. The van der Waals surface area contributed by atoms with Crippen LogP contribution in [0.5, 0.6) is 0 Å². The van der Waals surface area contributed by atoms with E-state index >= 15 is 0 Å². The van der Waals surface area contributed by atoms with Gasteiger partial charge >= 0.3 is 5.97 Å². The third-order valence-electron chi connectivity index (χ3n) is 1.82. The summed E-state index contributed by atoms with van der Waals surface area (Å²) in [7, 11) is -2.16. The molecule has 0 aliphatic heterocycles. The summed E-state index contributed by atoms with van der Waals surface area (Å²) in [4.78, 5) is 26.2. The molecule has 1 rings (SSSR count). The van der Waals surface area contributed by atoms with Gasteiger partial charge in [-0.1, -0.05) is 0 Å². The maximum absolute atomic E-state index is 11.4. The van der Waals surface area contributed by atoms with Crippen LogP contribution in [0.2, 0.25) is 0 Å². The van der Waals surface area contributed by atoms with Gasteiger partial charge in [0.2, 0.25) is 15.9 Å². The zero-order valence-corrected chi connectivity index (χ0v) is 11.9. The highest BCUT2D eigenvalue weighted by Crippen LogP contribution is 2.16. The predicted octanol–water partition coefficient (Wildman–Crippen LogP) is -0.654. The highest BCUT2D eigenvalue weighted by Gasteiger charge is 2.11. The summed E-state index contributed by atoms with van der Waals surface area (Å²) in [6.45, 7) is -0.214. The number of hydrogen-bond donors (Lipinski definition) is 2. The first-order valence-electron chi connectivity index (χ1n) is 5.06. The summed E-state index contributed by atoms with van der Waals surface area (Å²) < 4.78 is 28.5. The monoisotopic (exact) mass is 307 g/mol. The van der Waals surface area contributed by atoms with Crippen LogP contribution >= 0.6 is 11.3 Å². The first kappa shape index (κ1) is 15.4. The Kier molecular flexibility index (Phi) is 5.24. The van der Waals surface area contributed by atoms with E-state index in [0.717, 1.165) is 17.6 Å². The van der Waals surface area contributed by atoms with Crippen molar-refractivity contribution in [3.8, 4) is 0 Å². The van der Waals surface area contributed by atoms with Gasteiger partial charge in [-0.25, -0.2) is 13.4 Å². The molecule has 19 heavy (non-hydrogen) atoms. The van der Waals surface area contributed by atoms with Gasteiger partial charge in [0.05, 0.1) is 25.5 Å². The lowest BCUT2D eigenvalue weighted by molar-refractivity contribution is -0.141. The van der Waals surface area contributed by atoms with Crippen LogP contribution in [0.15, 0.2) is 5.38 Å². The fraction of sp³-hybridized carbons (Fsp3) is 0.444. The third-order valence-corrected chi connectivity index (χ3v) is 3.32. The van der Waals surface area contributed by atoms with Crippen molar-refractivity contribution < 1.29 is 22.7 Å². The minimum atomic E-state index is -3.38. The topological polar surface area (TPSA) is 114 Å². The van der Waals surface area contributed by atoms with Crippen molar-refractivity contribution >= 4 is 38.4 Å². The lowest BCUT2D eigenvalue weighted by atomic mass is 10.3. The van der Waals surface area contributed by atoms with E-state index in [-0.39, 0.29) is 18.1 Å². The van der Waals surface area contributed by atoms with E-state index in [1.165, 1.54) is 7.11 Å². The van der Waals surface area contributed by atoms with Crippen LogP contribution in [-0.4, -0.2) is 45.2 Å². The second kappa shape index (κ2) is 6.48. The van der Waals surface area contributed by atoms with Gasteiger partial charge in [0.25, 0.3) is 0 Å². The first-order valence-corrected chi connectivity index (χ1v) is 7.83. The van der Waals surface area contributed by atoms with Gasteiger partial charge in [0, 0.05) is 5.38 Å². The maximum Gasteiger partial charge on any atom is 0.325 e. The number of hydrogen-bond acceptors (Lipinski definition) is 7. The van der Waals surface area contributed by atoms with Gasteiger partial charge in [-0.2, -0.15) is 0 Å².